The number of thiocarbonyl (C=S) groups is 1. The number of rotatable bonds is 8. The molecule has 0 radical (unpaired) electrons. The van der Waals surface area contributed by atoms with Crippen molar-refractivity contribution in [2.75, 3.05) is 13.2 Å². The molecule has 0 unspecified atom stereocenters. The van der Waals surface area contributed by atoms with Crippen LogP contribution in [0.3, 0.4) is 0 Å². The number of hydrazone groups is 1. The first-order chi connectivity index (χ1) is 9.76. The first-order valence-electron chi connectivity index (χ1n) is 7.06. The van der Waals surface area contributed by atoms with E-state index in [1.54, 1.807) is 6.21 Å². The number of nitrogens with zero attached hydrogens (tertiary/aromatic N) is 1. The van der Waals surface area contributed by atoms with Crippen molar-refractivity contribution in [2.24, 2.45) is 5.10 Å². The van der Waals surface area contributed by atoms with Gasteiger partial charge in [0.05, 0.1) is 12.8 Å². The lowest BCUT2D eigenvalue weighted by Gasteiger charge is -2.06. The Morgan fingerprint density at radius 2 is 2.20 bits per heavy atom. The van der Waals surface area contributed by atoms with Gasteiger partial charge in [-0.05, 0) is 43.3 Å². The SMILES string of the molecule is CCCCCOc1cccc(/C=N/NC(=S)NCC)c1. The van der Waals surface area contributed by atoms with Crippen LogP contribution in [-0.2, 0) is 0 Å². The lowest BCUT2D eigenvalue weighted by molar-refractivity contribution is 0.306. The molecule has 0 atom stereocenters. The van der Waals surface area contributed by atoms with E-state index in [0.29, 0.717) is 5.11 Å². The number of benzene rings is 1. The van der Waals surface area contributed by atoms with Crippen molar-refractivity contribution in [1.29, 1.82) is 0 Å². The third kappa shape index (κ3) is 7.09. The molecule has 5 heteroatoms. The average molecular weight is 293 g/mol. The number of nitrogens with one attached hydrogen (secondary N) is 2. The normalized spacial score (nSPS) is 10.5. The Morgan fingerprint density at radius 3 is 2.95 bits per heavy atom. The van der Waals surface area contributed by atoms with E-state index in [0.717, 1.165) is 30.9 Å². The van der Waals surface area contributed by atoms with E-state index in [9.17, 15) is 0 Å². The van der Waals surface area contributed by atoms with Crippen LogP contribution in [0.15, 0.2) is 29.4 Å². The van der Waals surface area contributed by atoms with Gasteiger partial charge in [0.15, 0.2) is 5.11 Å². The maximum atomic E-state index is 5.69. The minimum Gasteiger partial charge on any atom is -0.494 e. The van der Waals surface area contributed by atoms with Crippen molar-refractivity contribution < 1.29 is 4.74 Å². The second-order valence-corrected chi connectivity index (χ2v) is 4.77. The summed E-state index contributed by atoms with van der Waals surface area (Å²) < 4.78 is 5.69. The highest BCUT2D eigenvalue weighted by molar-refractivity contribution is 7.80. The average Bonchev–Trinajstić information content (AvgIpc) is 2.44. The van der Waals surface area contributed by atoms with Crippen LogP contribution < -0.4 is 15.5 Å². The van der Waals surface area contributed by atoms with Crippen LogP contribution in [0.4, 0.5) is 0 Å². The molecule has 0 aromatic heterocycles. The van der Waals surface area contributed by atoms with Crippen LogP contribution in [0.25, 0.3) is 0 Å². The molecule has 20 heavy (non-hydrogen) atoms. The van der Waals surface area contributed by atoms with Gasteiger partial charge in [0, 0.05) is 6.54 Å². The summed E-state index contributed by atoms with van der Waals surface area (Å²) in [6.07, 6.45) is 5.22. The molecule has 0 aliphatic heterocycles. The highest BCUT2D eigenvalue weighted by Crippen LogP contribution is 2.12. The summed E-state index contributed by atoms with van der Waals surface area (Å²) in [7, 11) is 0. The summed E-state index contributed by atoms with van der Waals surface area (Å²) in [5.74, 6) is 0.874. The lowest BCUT2D eigenvalue weighted by atomic mass is 10.2. The van der Waals surface area contributed by atoms with Crippen LogP contribution in [0.1, 0.15) is 38.7 Å². The number of unbranched alkanes of at least 4 members (excludes halogenated alkanes) is 2. The molecule has 1 aromatic carbocycles. The molecular weight excluding hydrogens is 270 g/mol. The largest absolute Gasteiger partial charge is 0.494 e. The fraction of sp³-hybridized carbons (Fsp3) is 0.467. The van der Waals surface area contributed by atoms with Gasteiger partial charge in [-0.15, -0.1) is 0 Å². The summed E-state index contributed by atoms with van der Waals surface area (Å²) in [6.45, 7) is 5.71. The molecule has 0 heterocycles. The van der Waals surface area contributed by atoms with Crippen LogP contribution in [0.5, 0.6) is 5.75 Å². The molecule has 0 aliphatic carbocycles. The Balaban J connectivity index is 2.42. The van der Waals surface area contributed by atoms with E-state index in [4.69, 9.17) is 17.0 Å². The molecule has 110 valence electrons. The highest BCUT2D eigenvalue weighted by Gasteiger charge is 1.95. The van der Waals surface area contributed by atoms with Crippen molar-refractivity contribution in [1.82, 2.24) is 10.7 Å². The molecule has 1 rings (SSSR count). The number of ether oxygens (including phenoxy) is 1. The summed E-state index contributed by atoms with van der Waals surface area (Å²) in [6, 6.07) is 7.85. The summed E-state index contributed by atoms with van der Waals surface area (Å²) in [5, 5.41) is 7.57. The van der Waals surface area contributed by atoms with Crippen molar-refractivity contribution >= 4 is 23.5 Å². The van der Waals surface area contributed by atoms with Gasteiger partial charge in [-0.25, -0.2) is 0 Å². The first-order valence-corrected chi connectivity index (χ1v) is 7.46. The highest BCUT2D eigenvalue weighted by atomic mass is 32.1. The Kier molecular flexibility index (Phi) is 8.38. The van der Waals surface area contributed by atoms with Crippen LogP contribution in [-0.4, -0.2) is 24.5 Å². The third-order valence-corrected chi connectivity index (χ3v) is 2.83. The van der Waals surface area contributed by atoms with E-state index in [2.05, 4.69) is 22.8 Å². The smallest absolute Gasteiger partial charge is 0.186 e. The standard InChI is InChI=1S/C15H23N3OS/c1-3-5-6-10-19-14-9-7-8-13(11-14)12-17-18-15(20)16-4-2/h7-9,11-12H,3-6,10H2,1-2H3,(H2,16,18,20)/b17-12+. The van der Waals surface area contributed by atoms with E-state index in [1.807, 2.05) is 31.2 Å². The van der Waals surface area contributed by atoms with E-state index in [-0.39, 0.29) is 0 Å². The molecule has 0 saturated carbocycles. The predicted molar refractivity (Wildman–Crippen MR) is 88.5 cm³/mol. The van der Waals surface area contributed by atoms with Crippen LogP contribution in [0, 0.1) is 0 Å². The lowest BCUT2D eigenvalue weighted by Crippen LogP contribution is -2.31. The van der Waals surface area contributed by atoms with E-state index < -0.39 is 0 Å². The van der Waals surface area contributed by atoms with Crippen molar-refractivity contribution in [3.05, 3.63) is 29.8 Å². The zero-order chi connectivity index (χ0) is 14.6. The monoisotopic (exact) mass is 293 g/mol. The minimum atomic E-state index is 0.524. The summed E-state index contributed by atoms with van der Waals surface area (Å²) >= 11 is 5.02. The molecule has 4 nitrogen and oxygen atoms in total. The van der Waals surface area contributed by atoms with E-state index in [1.165, 1.54) is 12.8 Å². The maximum absolute atomic E-state index is 5.69. The van der Waals surface area contributed by atoms with Gasteiger partial charge < -0.3 is 10.1 Å². The Hall–Kier alpha value is -1.62. The minimum absolute atomic E-state index is 0.524. The predicted octanol–water partition coefficient (Wildman–Crippen LogP) is 3.07. The molecule has 0 bridgehead atoms. The second kappa shape index (κ2) is 10.2. The number of hydrogen-bond donors (Lipinski definition) is 2. The van der Waals surface area contributed by atoms with Crippen molar-refractivity contribution in [3.8, 4) is 5.75 Å². The quantitative estimate of drug-likeness (QED) is 0.335. The topological polar surface area (TPSA) is 45.6 Å². The van der Waals surface area contributed by atoms with Gasteiger partial charge in [-0.1, -0.05) is 31.9 Å². The molecule has 0 saturated heterocycles. The Labute approximate surface area is 126 Å². The zero-order valence-electron chi connectivity index (χ0n) is 12.2. The molecule has 0 aliphatic rings. The van der Waals surface area contributed by atoms with Gasteiger partial charge in [0.2, 0.25) is 0 Å². The first kappa shape index (κ1) is 16.4. The van der Waals surface area contributed by atoms with Crippen LogP contribution in [0.2, 0.25) is 0 Å². The third-order valence-electron chi connectivity index (χ3n) is 2.59. The van der Waals surface area contributed by atoms with Crippen LogP contribution >= 0.6 is 12.2 Å². The van der Waals surface area contributed by atoms with Gasteiger partial charge in [-0.2, -0.15) is 5.10 Å². The Bertz CT molecular complexity index is 435. The zero-order valence-corrected chi connectivity index (χ0v) is 13.0. The second-order valence-electron chi connectivity index (χ2n) is 4.36. The van der Waals surface area contributed by atoms with Gasteiger partial charge in [0.25, 0.3) is 0 Å². The molecule has 0 amide bonds. The molecule has 2 N–H and O–H groups in total. The maximum Gasteiger partial charge on any atom is 0.186 e. The molecule has 1 aromatic rings. The fourth-order valence-electron chi connectivity index (χ4n) is 1.59. The van der Waals surface area contributed by atoms with Crippen molar-refractivity contribution in [2.45, 2.75) is 33.1 Å². The fourth-order valence-corrected chi connectivity index (χ4v) is 1.79. The Morgan fingerprint density at radius 1 is 1.35 bits per heavy atom. The van der Waals surface area contributed by atoms with Gasteiger partial charge in [0.1, 0.15) is 5.75 Å². The van der Waals surface area contributed by atoms with Gasteiger partial charge in [-0.3, -0.25) is 5.43 Å². The van der Waals surface area contributed by atoms with E-state index >= 15 is 0 Å². The molecule has 0 spiro atoms. The summed E-state index contributed by atoms with van der Waals surface area (Å²) in [5.41, 5.74) is 3.74. The molecular formula is C15H23N3OS. The van der Waals surface area contributed by atoms with Crippen molar-refractivity contribution in [3.63, 3.8) is 0 Å². The summed E-state index contributed by atoms with van der Waals surface area (Å²) in [4.78, 5) is 0. The van der Waals surface area contributed by atoms with Gasteiger partial charge >= 0.3 is 0 Å². The number of hydrogen-bond acceptors (Lipinski definition) is 3. The molecule has 0 fully saturated rings.